The Morgan fingerprint density at radius 3 is 1.29 bits per heavy atom. The quantitative estimate of drug-likeness (QED) is 0.240. The summed E-state index contributed by atoms with van der Waals surface area (Å²) in [7, 11) is 0. The van der Waals surface area contributed by atoms with Crippen molar-refractivity contribution in [3.8, 4) is 0 Å². The maximum absolute atomic E-state index is 3.90. The van der Waals surface area contributed by atoms with E-state index >= 15 is 0 Å². The van der Waals surface area contributed by atoms with E-state index in [1.807, 2.05) is 0 Å². The number of benzene rings is 3. The zero-order chi connectivity index (χ0) is 23.1. The van der Waals surface area contributed by atoms with Gasteiger partial charge in [0.25, 0.3) is 0 Å². The predicted octanol–water partition coefficient (Wildman–Crippen LogP) is 7.96. The van der Waals surface area contributed by atoms with Gasteiger partial charge in [-0.05, 0) is 0 Å². The molecule has 5 rings (SSSR count). The summed E-state index contributed by atoms with van der Waals surface area (Å²) in [5, 5.41) is 0. The summed E-state index contributed by atoms with van der Waals surface area (Å²) in [6.07, 6.45) is 7.10. The Morgan fingerprint density at radius 1 is 0.571 bits per heavy atom. The van der Waals surface area contributed by atoms with Crippen molar-refractivity contribution in [2.24, 2.45) is 0 Å². The van der Waals surface area contributed by atoms with Gasteiger partial charge in [-0.15, -0.1) is 24.8 Å². The standard InChI is InChI=1S/2C12H11.C6H5.CH3.2ClH.Hf.H2Si/c2*1-10-7-8-12(9-10)11-5-3-2-4-6-11;1-2-4-6-5-3-1;;;;;/h2*2-6,9H,8H2,1H3;1-5H;1H3;2*1H;;1H2. The molecule has 4 heteroatoms. The molecule has 0 bridgehead atoms. The van der Waals surface area contributed by atoms with E-state index in [1.54, 1.807) is 9.98 Å². The van der Waals surface area contributed by atoms with E-state index < -0.39 is 17.1 Å². The first-order valence-corrected chi connectivity index (χ1v) is 29.2. The van der Waals surface area contributed by atoms with E-state index in [2.05, 4.69) is 129 Å². The molecule has 0 saturated carbocycles. The van der Waals surface area contributed by atoms with Crippen LogP contribution >= 0.6 is 24.8 Å². The maximum Gasteiger partial charge on any atom is -0.147 e. The molecule has 2 aliphatic rings. The van der Waals surface area contributed by atoms with Crippen molar-refractivity contribution in [2.45, 2.75) is 31.4 Å². The molecular formula is C31H34Cl2HfSi. The number of rotatable bonds is 5. The van der Waals surface area contributed by atoms with Gasteiger partial charge in [-0.1, -0.05) is 0 Å². The van der Waals surface area contributed by atoms with Crippen LogP contribution in [0.1, 0.15) is 37.8 Å². The second kappa shape index (κ2) is 10.7. The zero-order valence-electron chi connectivity index (χ0n) is 20.8. The molecule has 0 N–H and O–H groups in total. The van der Waals surface area contributed by atoms with E-state index in [-0.39, 0.29) is 24.8 Å². The van der Waals surface area contributed by atoms with Crippen LogP contribution in [0.15, 0.2) is 121 Å². The van der Waals surface area contributed by atoms with Crippen LogP contribution < -0.4 is 3.32 Å². The Kier molecular flexibility index (Phi) is 8.54. The number of halogens is 2. The largest absolute Gasteiger partial charge is 0.147 e. The van der Waals surface area contributed by atoms with Crippen LogP contribution in [0.3, 0.4) is 0 Å². The van der Waals surface area contributed by atoms with E-state index in [4.69, 9.17) is 0 Å². The maximum atomic E-state index is 2.70. The molecule has 0 atom stereocenters. The van der Waals surface area contributed by atoms with Crippen molar-refractivity contribution < 1.29 is 17.1 Å². The van der Waals surface area contributed by atoms with E-state index in [1.165, 1.54) is 33.4 Å². The predicted molar refractivity (Wildman–Crippen MR) is 158 cm³/mol. The van der Waals surface area contributed by atoms with Crippen molar-refractivity contribution in [2.75, 3.05) is 0 Å². The van der Waals surface area contributed by atoms with Gasteiger partial charge >= 0.3 is 202 Å². The molecule has 35 heavy (non-hydrogen) atoms. The summed E-state index contributed by atoms with van der Waals surface area (Å²) in [4.78, 5) is 0. The second-order valence-electron chi connectivity index (χ2n) is 10.1. The molecule has 0 heterocycles. The Balaban J connectivity index is 0.00000171. The molecule has 0 spiro atoms. The van der Waals surface area contributed by atoms with E-state index in [0.717, 1.165) is 12.8 Å². The SMILES string of the molecule is CC1=[C]([Hf]([CH3])(=[SiH2])([C]2=C(C)C=C(c3ccccc3)C2)[c]2ccccc2)CC(c2ccccc2)=C1.Cl.Cl. The van der Waals surface area contributed by atoms with Crippen molar-refractivity contribution in [3.63, 3.8) is 0 Å². The van der Waals surface area contributed by atoms with Gasteiger partial charge in [0.05, 0.1) is 0 Å². The molecule has 180 valence electrons. The molecule has 3 aromatic carbocycles. The second-order valence-corrected chi connectivity index (χ2v) is 45.4. The summed E-state index contributed by atoms with van der Waals surface area (Å²) in [6.45, 7) is 7.11. The van der Waals surface area contributed by atoms with Gasteiger partial charge in [-0.3, -0.25) is 0 Å². The fraction of sp³-hybridized carbons (Fsp3) is 0.161. The molecule has 3 aromatic rings. The minimum Gasteiger partial charge on any atom is -0.147 e. The summed E-state index contributed by atoms with van der Waals surface area (Å²) in [5.74, 6) is 0. The fourth-order valence-corrected chi connectivity index (χ4v) is 35.4. The first-order valence-electron chi connectivity index (χ1n) is 11.9. The van der Waals surface area contributed by atoms with Crippen LogP contribution in [-0.4, -0.2) is 6.94 Å². The van der Waals surface area contributed by atoms with Gasteiger partial charge in [0.2, 0.25) is 0 Å². The van der Waals surface area contributed by atoms with Crippen LogP contribution in [0, 0.1) is 0 Å². The van der Waals surface area contributed by atoms with Crippen LogP contribution in [0.4, 0.5) is 0 Å². The number of hydrogen-bond acceptors (Lipinski definition) is 0. The summed E-state index contributed by atoms with van der Waals surface area (Å²) >= 11 is -3.90. The van der Waals surface area contributed by atoms with Crippen molar-refractivity contribution in [1.29, 1.82) is 0 Å². The van der Waals surface area contributed by atoms with Crippen LogP contribution in [0.5, 0.6) is 0 Å². The van der Waals surface area contributed by atoms with Crippen LogP contribution in [0.25, 0.3) is 11.1 Å². The van der Waals surface area contributed by atoms with Crippen LogP contribution in [-0.2, 0) is 17.1 Å². The fourth-order valence-electron chi connectivity index (χ4n) is 6.10. The summed E-state index contributed by atoms with van der Waals surface area (Å²) in [6, 6.07) is 33.4. The van der Waals surface area contributed by atoms with Gasteiger partial charge in [-0.25, -0.2) is 0 Å². The van der Waals surface area contributed by atoms with Gasteiger partial charge in [-0.2, -0.15) is 0 Å². The normalized spacial score (nSPS) is 15.9. The molecule has 0 fully saturated rings. The third-order valence-corrected chi connectivity index (χ3v) is 40.9. The zero-order valence-corrected chi connectivity index (χ0v) is 27.4. The third-order valence-electron chi connectivity index (χ3n) is 7.95. The van der Waals surface area contributed by atoms with E-state index in [9.17, 15) is 0 Å². The molecule has 0 radical (unpaired) electrons. The monoisotopic (exact) mass is 684 g/mol. The number of hydrogen-bond donors (Lipinski definition) is 0. The summed E-state index contributed by atoms with van der Waals surface area (Å²) in [5.41, 5.74) is 8.67. The molecule has 0 amide bonds. The topological polar surface area (TPSA) is 0 Å². The third kappa shape index (κ3) is 4.83. The minimum absolute atomic E-state index is 0. The minimum atomic E-state index is -3.90. The Morgan fingerprint density at radius 2 is 0.914 bits per heavy atom. The molecule has 0 saturated heterocycles. The van der Waals surface area contributed by atoms with Gasteiger partial charge in [0.15, 0.2) is 0 Å². The molecular weight excluding hydrogens is 650 g/mol. The first-order chi connectivity index (χ1) is 15.9. The smallest absolute Gasteiger partial charge is 0.147 e. The van der Waals surface area contributed by atoms with Crippen molar-refractivity contribution in [1.82, 2.24) is 0 Å². The van der Waals surface area contributed by atoms with E-state index in [0.29, 0.717) is 0 Å². The molecule has 0 nitrogen and oxygen atoms in total. The number of allylic oxidation sites excluding steroid dienone is 8. The van der Waals surface area contributed by atoms with Gasteiger partial charge < -0.3 is 0 Å². The molecule has 0 unspecified atom stereocenters. The van der Waals surface area contributed by atoms with Gasteiger partial charge in [0, 0.05) is 0 Å². The average molecular weight is 684 g/mol. The molecule has 2 aliphatic carbocycles. The molecule has 0 aromatic heterocycles. The molecule has 0 aliphatic heterocycles. The van der Waals surface area contributed by atoms with Crippen LogP contribution in [0.2, 0.25) is 4.68 Å². The first kappa shape index (κ1) is 27.9. The van der Waals surface area contributed by atoms with Crippen molar-refractivity contribution >= 4 is 46.2 Å². The van der Waals surface area contributed by atoms with Gasteiger partial charge in [0.1, 0.15) is 0 Å². The van der Waals surface area contributed by atoms with Crippen molar-refractivity contribution in [3.05, 3.63) is 132 Å². The Hall–Kier alpha value is -1.71. The average Bonchev–Trinajstić information content (AvgIpc) is 3.45. The Bertz CT molecular complexity index is 1330. The Labute approximate surface area is 225 Å². The summed E-state index contributed by atoms with van der Waals surface area (Å²) < 4.78 is 7.79.